The summed E-state index contributed by atoms with van der Waals surface area (Å²) in [6.07, 6.45) is 0. The Hall–Kier alpha value is -0.830. The third kappa shape index (κ3) is 4.08. The average Bonchev–Trinajstić information content (AvgIpc) is 2.00. The van der Waals surface area contributed by atoms with Crippen molar-refractivity contribution in [1.29, 1.82) is 0 Å². The minimum atomic E-state index is -0.399. The third-order valence-electron chi connectivity index (χ3n) is 1.89. The van der Waals surface area contributed by atoms with Gasteiger partial charge in [-0.1, -0.05) is 26.0 Å². The maximum absolute atomic E-state index is 11.6. The second-order valence-electron chi connectivity index (χ2n) is 3.92. The maximum Gasteiger partial charge on any atom is 0.239 e. The molecule has 0 aromatic carbocycles. The lowest BCUT2D eigenvalue weighted by Gasteiger charge is -2.23. The summed E-state index contributed by atoms with van der Waals surface area (Å²) in [6.45, 7) is 10.1. The number of amides is 1. The molecule has 13 heavy (non-hydrogen) atoms. The largest absolute Gasteiger partial charge is 0.340 e. The molecule has 0 heterocycles. The van der Waals surface area contributed by atoms with Gasteiger partial charge in [0.05, 0.1) is 6.04 Å². The van der Waals surface area contributed by atoms with Crippen molar-refractivity contribution < 1.29 is 4.79 Å². The monoisotopic (exact) mass is 184 g/mol. The smallest absolute Gasteiger partial charge is 0.239 e. The summed E-state index contributed by atoms with van der Waals surface area (Å²) in [7, 11) is 1.75. The zero-order chi connectivity index (χ0) is 10.6. The first-order valence-corrected chi connectivity index (χ1v) is 4.51. The summed E-state index contributed by atoms with van der Waals surface area (Å²) in [4.78, 5) is 13.2. The van der Waals surface area contributed by atoms with Crippen LogP contribution in [0.3, 0.4) is 0 Å². The molecule has 0 aliphatic rings. The van der Waals surface area contributed by atoms with E-state index in [9.17, 15) is 4.79 Å². The van der Waals surface area contributed by atoms with E-state index >= 15 is 0 Å². The van der Waals surface area contributed by atoms with Crippen LogP contribution >= 0.6 is 0 Å². The first-order chi connectivity index (χ1) is 5.86. The van der Waals surface area contributed by atoms with Crippen molar-refractivity contribution in [3.05, 3.63) is 12.2 Å². The molecule has 0 rings (SSSR count). The lowest BCUT2D eigenvalue weighted by molar-refractivity contribution is -0.131. The van der Waals surface area contributed by atoms with E-state index in [1.807, 2.05) is 20.8 Å². The van der Waals surface area contributed by atoms with Crippen molar-refractivity contribution in [2.45, 2.75) is 26.8 Å². The van der Waals surface area contributed by atoms with Crippen LogP contribution in [0.25, 0.3) is 0 Å². The van der Waals surface area contributed by atoms with E-state index in [0.29, 0.717) is 6.54 Å². The molecule has 2 N–H and O–H groups in total. The van der Waals surface area contributed by atoms with Crippen LogP contribution in [0.15, 0.2) is 12.2 Å². The van der Waals surface area contributed by atoms with Gasteiger partial charge >= 0.3 is 0 Å². The normalized spacial score (nSPS) is 12.8. The molecular formula is C10H20N2O. The topological polar surface area (TPSA) is 46.3 Å². The molecule has 1 atom stereocenters. The summed E-state index contributed by atoms with van der Waals surface area (Å²) >= 11 is 0. The van der Waals surface area contributed by atoms with Gasteiger partial charge in [0, 0.05) is 13.6 Å². The Bertz CT molecular complexity index is 199. The van der Waals surface area contributed by atoms with Crippen molar-refractivity contribution in [3.8, 4) is 0 Å². The molecule has 0 saturated heterocycles. The van der Waals surface area contributed by atoms with Crippen molar-refractivity contribution >= 4 is 5.91 Å². The first-order valence-electron chi connectivity index (χ1n) is 4.51. The molecule has 0 saturated carbocycles. The zero-order valence-electron chi connectivity index (χ0n) is 9.00. The first kappa shape index (κ1) is 12.2. The summed E-state index contributed by atoms with van der Waals surface area (Å²) in [5, 5.41) is 0. The van der Waals surface area contributed by atoms with Gasteiger partial charge < -0.3 is 10.6 Å². The van der Waals surface area contributed by atoms with Crippen LogP contribution in [0.5, 0.6) is 0 Å². The number of carbonyl (C=O) groups is 1. The molecular weight excluding hydrogens is 164 g/mol. The highest BCUT2D eigenvalue weighted by Gasteiger charge is 2.20. The summed E-state index contributed by atoms with van der Waals surface area (Å²) < 4.78 is 0. The van der Waals surface area contributed by atoms with Gasteiger partial charge in [-0.25, -0.2) is 0 Å². The predicted molar refractivity (Wildman–Crippen MR) is 55.3 cm³/mol. The van der Waals surface area contributed by atoms with Crippen LogP contribution in [-0.2, 0) is 4.79 Å². The van der Waals surface area contributed by atoms with E-state index in [1.165, 1.54) is 0 Å². The Morgan fingerprint density at radius 1 is 1.54 bits per heavy atom. The number of likely N-dealkylation sites (N-methyl/N-ethyl adjacent to an activating group) is 1. The molecule has 0 spiro atoms. The molecule has 0 fully saturated rings. The Balaban J connectivity index is 4.17. The van der Waals surface area contributed by atoms with Crippen LogP contribution in [0, 0.1) is 5.92 Å². The fraction of sp³-hybridized carbons (Fsp3) is 0.700. The summed E-state index contributed by atoms with van der Waals surface area (Å²) in [5.74, 6) is 0.165. The number of hydrogen-bond acceptors (Lipinski definition) is 2. The highest BCUT2D eigenvalue weighted by Crippen LogP contribution is 2.03. The fourth-order valence-corrected chi connectivity index (χ4v) is 1.02. The molecule has 3 heteroatoms. The minimum absolute atomic E-state index is 0.0157. The predicted octanol–water partition coefficient (Wildman–Crippen LogP) is 1.00. The van der Waals surface area contributed by atoms with Gasteiger partial charge in [0.25, 0.3) is 0 Å². The van der Waals surface area contributed by atoms with E-state index in [4.69, 9.17) is 5.73 Å². The molecule has 0 bridgehead atoms. The lowest BCUT2D eigenvalue weighted by Crippen LogP contribution is -2.45. The van der Waals surface area contributed by atoms with Crippen LogP contribution < -0.4 is 5.73 Å². The Morgan fingerprint density at radius 3 is 2.31 bits per heavy atom. The second-order valence-corrected chi connectivity index (χ2v) is 3.92. The van der Waals surface area contributed by atoms with Crippen LogP contribution in [0.4, 0.5) is 0 Å². The van der Waals surface area contributed by atoms with E-state index in [2.05, 4.69) is 6.58 Å². The summed E-state index contributed by atoms with van der Waals surface area (Å²) in [5.41, 5.74) is 6.68. The molecule has 3 nitrogen and oxygen atoms in total. The van der Waals surface area contributed by atoms with Gasteiger partial charge in [-0.2, -0.15) is 0 Å². The Kier molecular flexibility index (Phi) is 4.70. The van der Waals surface area contributed by atoms with Crippen molar-refractivity contribution in [2.75, 3.05) is 13.6 Å². The van der Waals surface area contributed by atoms with Gasteiger partial charge in [0.1, 0.15) is 0 Å². The van der Waals surface area contributed by atoms with E-state index < -0.39 is 6.04 Å². The molecule has 0 aliphatic heterocycles. The number of rotatable bonds is 4. The van der Waals surface area contributed by atoms with Gasteiger partial charge in [-0.15, -0.1) is 0 Å². The Morgan fingerprint density at radius 2 is 2.00 bits per heavy atom. The fourth-order valence-electron chi connectivity index (χ4n) is 1.02. The van der Waals surface area contributed by atoms with Gasteiger partial charge in [-0.3, -0.25) is 4.79 Å². The standard InChI is InChI=1S/C10H20N2O/c1-7(2)6-12(5)10(13)9(11)8(3)4/h8-9H,1,6,11H2,2-5H3/t9-/m0/s1. The highest BCUT2D eigenvalue weighted by atomic mass is 16.2. The Labute approximate surface area is 80.6 Å². The van der Waals surface area contributed by atoms with Crippen LogP contribution in [0.2, 0.25) is 0 Å². The van der Waals surface area contributed by atoms with Gasteiger partial charge in [0.2, 0.25) is 5.91 Å². The molecule has 1 amide bonds. The SMILES string of the molecule is C=C(C)CN(C)C(=O)[C@@H](N)C(C)C. The molecule has 0 unspecified atom stereocenters. The molecule has 0 aliphatic carbocycles. The van der Waals surface area contributed by atoms with Crippen LogP contribution in [0.1, 0.15) is 20.8 Å². The number of hydrogen-bond donors (Lipinski definition) is 1. The number of carbonyl (C=O) groups excluding carboxylic acids is 1. The zero-order valence-corrected chi connectivity index (χ0v) is 9.00. The molecule has 76 valence electrons. The maximum atomic E-state index is 11.6. The third-order valence-corrected chi connectivity index (χ3v) is 1.89. The van der Waals surface area contributed by atoms with E-state index in [0.717, 1.165) is 5.57 Å². The number of nitrogens with zero attached hydrogens (tertiary/aromatic N) is 1. The van der Waals surface area contributed by atoms with Gasteiger partial charge in [-0.05, 0) is 12.8 Å². The average molecular weight is 184 g/mol. The number of nitrogens with two attached hydrogens (primary N) is 1. The quantitative estimate of drug-likeness (QED) is 0.663. The van der Waals surface area contributed by atoms with Crippen molar-refractivity contribution in [2.24, 2.45) is 11.7 Å². The molecule has 0 aromatic rings. The molecule has 0 aromatic heterocycles. The van der Waals surface area contributed by atoms with Gasteiger partial charge in [0.15, 0.2) is 0 Å². The van der Waals surface area contributed by atoms with Crippen molar-refractivity contribution in [3.63, 3.8) is 0 Å². The van der Waals surface area contributed by atoms with E-state index in [1.54, 1.807) is 11.9 Å². The van der Waals surface area contributed by atoms with Crippen LogP contribution in [-0.4, -0.2) is 30.4 Å². The lowest BCUT2D eigenvalue weighted by atomic mass is 10.0. The van der Waals surface area contributed by atoms with Crippen molar-refractivity contribution in [1.82, 2.24) is 4.90 Å². The van der Waals surface area contributed by atoms with E-state index in [-0.39, 0.29) is 11.8 Å². The second kappa shape index (κ2) is 5.02. The summed E-state index contributed by atoms with van der Waals surface area (Å²) in [6, 6.07) is -0.399. The molecule has 0 radical (unpaired) electrons. The minimum Gasteiger partial charge on any atom is -0.340 e. The highest BCUT2D eigenvalue weighted by molar-refractivity contribution is 5.81.